The van der Waals surface area contributed by atoms with Gasteiger partial charge < -0.3 is 14.9 Å². The van der Waals surface area contributed by atoms with Crippen molar-refractivity contribution < 1.29 is 9.66 Å². The molecule has 0 fully saturated rings. The van der Waals surface area contributed by atoms with Crippen LogP contribution < -0.4 is 4.74 Å². The fraction of sp³-hybridized carbons (Fsp3) is 0.571. The highest BCUT2D eigenvalue weighted by Crippen LogP contribution is 2.22. The molecule has 0 amide bonds. The van der Waals surface area contributed by atoms with Gasteiger partial charge in [0.2, 0.25) is 0 Å². The third-order valence-corrected chi connectivity index (χ3v) is 1.92. The Balaban J connectivity index is 2.33. The summed E-state index contributed by atoms with van der Waals surface area (Å²) in [6, 6.07) is 0.352. The largest absolute Gasteiger partial charge is 0.445 e. The molecule has 0 N–H and O–H groups in total. The third-order valence-electron chi connectivity index (χ3n) is 1.92. The summed E-state index contributed by atoms with van der Waals surface area (Å²) >= 11 is 0. The van der Waals surface area contributed by atoms with Crippen LogP contribution in [0.25, 0.3) is 0 Å². The number of hydrogen-bond donors (Lipinski definition) is 0. The van der Waals surface area contributed by atoms with Crippen LogP contribution >= 0.6 is 0 Å². The quantitative estimate of drug-likeness (QED) is 0.477. The van der Waals surface area contributed by atoms with Crippen LogP contribution in [-0.2, 0) is 6.54 Å². The molecule has 6 heteroatoms. The molecule has 1 aromatic heterocycles. The first-order chi connectivity index (χ1) is 6.16. The zero-order chi connectivity index (χ0) is 9.42. The zero-order valence-corrected chi connectivity index (χ0v) is 7.14. The summed E-state index contributed by atoms with van der Waals surface area (Å²) in [5, 5.41) is 10.4. The molecule has 2 heterocycles. The molecule has 1 atom stereocenters. The monoisotopic (exact) mass is 183 g/mol. The number of nitrogens with zero attached hydrogens (tertiary/aromatic N) is 3. The Bertz CT molecular complexity index is 347. The van der Waals surface area contributed by atoms with E-state index in [0.29, 0.717) is 18.5 Å². The van der Waals surface area contributed by atoms with E-state index in [9.17, 15) is 10.1 Å². The Morgan fingerprint density at radius 3 is 3.31 bits per heavy atom. The Morgan fingerprint density at radius 2 is 2.62 bits per heavy atom. The maximum Gasteiger partial charge on any atom is 0.414 e. The van der Waals surface area contributed by atoms with E-state index in [-0.39, 0.29) is 5.82 Å². The van der Waals surface area contributed by atoms with E-state index in [2.05, 4.69) is 4.98 Å². The van der Waals surface area contributed by atoms with Gasteiger partial charge in [-0.1, -0.05) is 6.92 Å². The molecular formula is C7H9N3O3. The van der Waals surface area contributed by atoms with Crippen molar-refractivity contribution in [1.29, 1.82) is 0 Å². The van der Waals surface area contributed by atoms with Gasteiger partial charge in [-0.05, 0) is 4.92 Å². The average molecular weight is 183 g/mol. The smallest absolute Gasteiger partial charge is 0.414 e. The van der Waals surface area contributed by atoms with Gasteiger partial charge in [0.15, 0.2) is 0 Å². The van der Waals surface area contributed by atoms with Crippen LogP contribution in [0.15, 0.2) is 6.20 Å². The van der Waals surface area contributed by atoms with E-state index in [1.165, 1.54) is 6.20 Å². The van der Waals surface area contributed by atoms with Crippen molar-refractivity contribution in [3.05, 3.63) is 16.3 Å². The van der Waals surface area contributed by atoms with E-state index < -0.39 is 4.92 Å². The normalized spacial score (nSPS) is 20.5. The lowest BCUT2D eigenvalue weighted by molar-refractivity contribution is -0.389. The Kier molecular flexibility index (Phi) is 1.68. The van der Waals surface area contributed by atoms with E-state index in [1.807, 2.05) is 6.92 Å². The molecule has 1 aliphatic heterocycles. The minimum Gasteiger partial charge on any atom is -0.445 e. The SMILES string of the molecule is C[C@H]1COc2nc([N+](=O)[O-])cn2C1. The summed E-state index contributed by atoms with van der Waals surface area (Å²) in [6.45, 7) is 3.33. The second kappa shape index (κ2) is 2.72. The van der Waals surface area contributed by atoms with Crippen LogP contribution in [0.3, 0.4) is 0 Å². The second-order valence-corrected chi connectivity index (χ2v) is 3.21. The van der Waals surface area contributed by atoms with E-state index in [0.717, 1.165) is 6.54 Å². The first kappa shape index (κ1) is 8.03. The van der Waals surface area contributed by atoms with Gasteiger partial charge in [0.25, 0.3) is 0 Å². The molecule has 1 aromatic rings. The zero-order valence-electron chi connectivity index (χ0n) is 7.14. The summed E-state index contributed by atoms with van der Waals surface area (Å²) in [4.78, 5) is 13.6. The van der Waals surface area contributed by atoms with Crippen LogP contribution in [0.4, 0.5) is 5.82 Å². The molecule has 0 aromatic carbocycles. The van der Waals surface area contributed by atoms with Gasteiger partial charge in [-0.3, -0.25) is 4.57 Å². The first-order valence-electron chi connectivity index (χ1n) is 4.01. The summed E-state index contributed by atoms with van der Waals surface area (Å²) in [5.74, 6) is 0.227. The van der Waals surface area contributed by atoms with Crippen LogP contribution in [0.5, 0.6) is 6.01 Å². The van der Waals surface area contributed by atoms with E-state index >= 15 is 0 Å². The molecule has 0 saturated heterocycles. The maximum absolute atomic E-state index is 10.4. The van der Waals surface area contributed by atoms with E-state index in [1.54, 1.807) is 4.57 Å². The van der Waals surface area contributed by atoms with Crippen molar-refractivity contribution in [3.63, 3.8) is 0 Å². The standard InChI is InChI=1S/C7H9N3O3/c1-5-2-9-3-6(10(11)12)8-7(9)13-4-5/h3,5H,2,4H2,1H3/t5-/m1/s1. The summed E-state index contributed by atoms with van der Waals surface area (Å²) in [5.41, 5.74) is 0. The van der Waals surface area contributed by atoms with Crippen molar-refractivity contribution >= 4 is 5.82 Å². The number of aromatic nitrogens is 2. The summed E-state index contributed by atoms with van der Waals surface area (Å²) < 4.78 is 6.89. The van der Waals surface area contributed by atoms with E-state index in [4.69, 9.17) is 4.74 Å². The predicted molar refractivity (Wildman–Crippen MR) is 43.5 cm³/mol. The molecule has 13 heavy (non-hydrogen) atoms. The van der Waals surface area contributed by atoms with Gasteiger partial charge in [-0.15, -0.1) is 0 Å². The number of nitro groups is 1. The van der Waals surface area contributed by atoms with Crippen molar-refractivity contribution in [1.82, 2.24) is 9.55 Å². The molecular weight excluding hydrogens is 174 g/mol. The number of hydrogen-bond acceptors (Lipinski definition) is 4. The lowest BCUT2D eigenvalue weighted by Gasteiger charge is -2.17. The number of ether oxygens (including phenoxy) is 1. The molecule has 0 bridgehead atoms. The van der Waals surface area contributed by atoms with Gasteiger partial charge in [-0.25, -0.2) is 0 Å². The Labute approximate surface area is 74.3 Å². The van der Waals surface area contributed by atoms with Crippen LogP contribution in [0.1, 0.15) is 6.92 Å². The molecule has 70 valence electrons. The highest BCUT2D eigenvalue weighted by molar-refractivity contribution is 5.21. The molecule has 0 radical (unpaired) electrons. The molecule has 0 saturated carbocycles. The molecule has 6 nitrogen and oxygen atoms in total. The minimum absolute atomic E-state index is 0.149. The van der Waals surface area contributed by atoms with Gasteiger partial charge in [0, 0.05) is 17.4 Å². The molecule has 0 spiro atoms. The lowest BCUT2D eigenvalue weighted by atomic mass is 10.2. The average Bonchev–Trinajstić information content (AvgIpc) is 2.46. The number of rotatable bonds is 1. The van der Waals surface area contributed by atoms with Crippen molar-refractivity contribution in [2.24, 2.45) is 5.92 Å². The maximum atomic E-state index is 10.4. The van der Waals surface area contributed by atoms with Crippen LogP contribution in [0.2, 0.25) is 0 Å². The van der Waals surface area contributed by atoms with Gasteiger partial charge in [-0.2, -0.15) is 0 Å². The van der Waals surface area contributed by atoms with Crippen LogP contribution in [-0.4, -0.2) is 21.1 Å². The van der Waals surface area contributed by atoms with Crippen molar-refractivity contribution in [3.8, 4) is 6.01 Å². The first-order valence-corrected chi connectivity index (χ1v) is 4.01. The van der Waals surface area contributed by atoms with Gasteiger partial charge in [0.1, 0.15) is 6.20 Å². The molecule has 2 rings (SSSR count). The Hall–Kier alpha value is -1.59. The van der Waals surface area contributed by atoms with Crippen molar-refractivity contribution in [2.45, 2.75) is 13.5 Å². The molecule has 0 aliphatic carbocycles. The number of fused-ring (bicyclic) bond motifs is 1. The third kappa shape index (κ3) is 1.34. The van der Waals surface area contributed by atoms with Gasteiger partial charge in [0.05, 0.1) is 6.61 Å². The molecule has 1 aliphatic rings. The summed E-state index contributed by atoms with van der Waals surface area (Å²) in [7, 11) is 0. The Morgan fingerprint density at radius 1 is 1.85 bits per heavy atom. The van der Waals surface area contributed by atoms with Crippen molar-refractivity contribution in [2.75, 3.05) is 6.61 Å². The number of imidazole rings is 1. The highest BCUT2D eigenvalue weighted by atomic mass is 16.6. The topological polar surface area (TPSA) is 70.2 Å². The molecule has 0 unspecified atom stereocenters. The summed E-state index contributed by atoms with van der Waals surface area (Å²) in [6.07, 6.45) is 1.41. The van der Waals surface area contributed by atoms with Crippen LogP contribution in [0, 0.1) is 16.0 Å². The second-order valence-electron chi connectivity index (χ2n) is 3.21. The van der Waals surface area contributed by atoms with Gasteiger partial charge >= 0.3 is 11.8 Å². The fourth-order valence-electron chi connectivity index (χ4n) is 1.32. The lowest BCUT2D eigenvalue weighted by Crippen LogP contribution is -2.22. The predicted octanol–water partition coefficient (Wildman–Crippen LogP) is 0.820. The highest BCUT2D eigenvalue weighted by Gasteiger charge is 2.25. The fourth-order valence-corrected chi connectivity index (χ4v) is 1.32. The minimum atomic E-state index is -0.515.